The second kappa shape index (κ2) is 9.70. The van der Waals surface area contributed by atoms with E-state index in [4.69, 9.17) is 11.6 Å². The van der Waals surface area contributed by atoms with Crippen LogP contribution in [0.3, 0.4) is 0 Å². The molecule has 0 radical (unpaired) electrons. The van der Waals surface area contributed by atoms with Gasteiger partial charge in [0.2, 0.25) is 10.0 Å². The molecule has 0 aromatic heterocycles. The van der Waals surface area contributed by atoms with Gasteiger partial charge in [-0.1, -0.05) is 17.7 Å². The topological polar surface area (TPSA) is 70.7 Å². The Kier molecular flexibility index (Phi) is 7.43. The Bertz CT molecular complexity index is 997. The number of nitrogens with one attached hydrogen (secondary N) is 2. The summed E-state index contributed by atoms with van der Waals surface area (Å²) in [5.74, 6) is -1.22. The summed E-state index contributed by atoms with van der Waals surface area (Å²) in [6.45, 7) is 3.09. The first-order valence-electron chi connectivity index (χ1n) is 9.30. The van der Waals surface area contributed by atoms with Crippen LogP contribution in [0.25, 0.3) is 0 Å². The van der Waals surface area contributed by atoms with Crippen molar-refractivity contribution in [3.63, 3.8) is 0 Å². The van der Waals surface area contributed by atoms with Crippen molar-refractivity contribution < 1.29 is 30.7 Å². The molecule has 12 heteroatoms. The van der Waals surface area contributed by atoms with Crippen LogP contribution in [-0.4, -0.2) is 52.4 Å². The highest BCUT2D eigenvalue weighted by molar-refractivity contribution is 7.89. The number of benzene rings is 2. The van der Waals surface area contributed by atoms with Crippen molar-refractivity contribution in [3.05, 3.63) is 58.9 Å². The third-order valence-electron chi connectivity index (χ3n) is 4.66. The van der Waals surface area contributed by atoms with Gasteiger partial charge in [-0.25, -0.2) is 17.5 Å². The number of nitrogens with zero attached hydrogens (tertiary/aromatic N) is 1. The van der Waals surface area contributed by atoms with E-state index >= 15 is 0 Å². The van der Waals surface area contributed by atoms with E-state index in [0.29, 0.717) is 18.7 Å². The van der Waals surface area contributed by atoms with Gasteiger partial charge in [0.25, 0.3) is 0 Å². The zero-order valence-corrected chi connectivity index (χ0v) is 17.7. The molecule has 2 N–H and O–H groups in total. The third kappa shape index (κ3) is 6.78. The van der Waals surface area contributed by atoms with E-state index < -0.39 is 34.0 Å². The van der Waals surface area contributed by atoms with Crippen LogP contribution in [-0.2, 0) is 10.0 Å². The first-order chi connectivity index (χ1) is 14.5. The number of sulfonamides is 1. The SMILES string of the molecule is O=S(=O)(NC(CN1CCNCC1)c1ccc(Cl)c(F)c1)c1ccc(OC(F)(F)F)cc1. The average molecular weight is 482 g/mol. The highest BCUT2D eigenvalue weighted by Gasteiger charge is 2.31. The van der Waals surface area contributed by atoms with Gasteiger partial charge >= 0.3 is 6.36 Å². The number of rotatable bonds is 7. The van der Waals surface area contributed by atoms with E-state index in [-0.39, 0.29) is 16.5 Å². The molecule has 170 valence electrons. The quantitative estimate of drug-likeness (QED) is 0.594. The number of hydrogen-bond acceptors (Lipinski definition) is 5. The molecule has 2 aromatic carbocycles. The largest absolute Gasteiger partial charge is 0.573 e. The fourth-order valence-corrected chi connectivity index (χ4v) is 4.50. The van der Waals surface area contributed by atoms with Crippen LogP contribution in [0, 0.1) is 5.82 Å². The Labute approximate surface area is 182 Å². The van der Waals surface area contributed by atoms with Crippen LogP contribution in [0.5, 0.6) is 5.75 Å². The zero-order valence-electron chi connectivity index (χ0n) is 16.1. The van der Waals surface area contributed by atoms with Gasteiger partial charge in [0.05, 0.1) is 16.0 Å². The lowest BCUT2D eigenvalue weighted by atomic mass is 10.1. The smallest absolute Gasteiger partial charge is 0.406 e. The van der Waals surface area contributed by atoms with Gasteiger partial charge in [-0.05, 0) is 42.0 Å². The Morgan fingerprint density at radius 2 is 1.77 bits per heavy atom. The summed E-state index contributed by atoms with van der Waals surface area (Å²) in [7, 11) is -4.13. The predicted molar refractivity (Wildman–Crippen MR) is 107 cm³/mol. The minimum atomic E-state index is -4.88. The van der Waals surface area contributed by atoms with Crippen molar-refractivity contribution >= 4 is 21.6 Å². The Hall–Kier alpha value is -1.92. The molecule has 0 aliphatic carbocycles. The molecule has 2 aromatic rings. The molecule has 3 rings (SSSR count). The van der Waals surface area contributed by atoms with E-state index in [1.807, 2.05) is 4.90 Å². The van der Waals surface area contributed by atoms with E-state index in [9.17, 15) is 26.0 Å². The van der Waals surface area contributed by atoms with E-state index in [0.717, 1.165) is 43.4 Å². The first kappa shape index (κ1) is 23.7. The van der Waals surface area contributed by atoms with Crippen molar-refractivity contribution in [1.82, 2.24) is 14.9 Å². The number of alkyl halides is 3. The molecule has 1 atom stereocenters. The van der Waals surface area contributed by atoms with E-state index in [1.54, 1.807) is 0 Å². The molecule has 1 aliphatic heterocycles. The maximum Gasteiger partial charge on any atom is 0.573 e. The monoisotopic (exact) mass is 481 g/mol. The van der Waals surface area contributed by atoms with Gasteiger partial charge in [-0.3, -0.25) is 4.90 Å². The molecule has 0 spiro atoms. The fraction of sp³-hybridized carbons (Fsp3) is 0.368. The molecule has 0 saturated carbocycles. The molecule has 1 saturated heterocycles. The lowest BCUT2D eigenvalue weighted by Crippen LogP contribution is -2.47. The predicted octanol–water partition coefficient (Wildman–Crippen LogP) is 3.30. The first-order valence-corrected chi connectivity index (χ1v) is 11.2. The van der Waals surface area contributed by atoms with Crippen molar-refractivity contribution in [2.45, 2.75) is 17.3 Å². The Morgan fingerprint density at radius 1 is 1.13 bits per heavy atom. The Balaban J connectivity index is 1.83. The minimum absolute atomic E-state index is 0.0900. The molecule has 6 nitrogen and oxygen atoms in total. The number of piperazine rings is 1. The fourth-order valence-electron chi connectivity index (χ4n) is 3.17. The maximum atomic E-state index is 14.0. The number of ether oxygens (including phenoxy) is 1. The van der Waals surface area contributed by atoms with Gasteiger partial charge in [0.15, 0.2) is 0 Å². The van der Waals surface area contributed by atoms with Crippen LogP contribution in [0.4, 0.5) is 17.6 Å². The Morgan fingerprint density at radius 3 is 2.35 bits per heavy atom. The van der Waals surface area contributed by atoms with Crippen LogP contribution in [0.2, 0.25) is 5.02 Å². The van der Waals surface area contributed by atoms with E-state index in [1.165, 1.54) is 12.1 Å². The molecule has 1 fully saturated rings. The summed E-state index contributed by atoms with van der Waals surface area (Å²) in [5.41, 5.74) is 0.376. The van der Waals surface area contributed by atoms with Crippen molar-refractivity contribution in [1.29, 1.82) is 0 Å². The summed E-state index contributed by atoms with van der Waals surface area (Å²) >= 11 is 5.74. The third-order valence-corrected chi connectivity index (χ3v) is 6.46. The molecule has 1 unspecified atom stereocenters. The molecule has 1 heterocycles. The summed E-state index contributed by atoms with van der Waals surface area (Å²) in [6, 6.07) is 7.07. The summed E-state index contributed by atoms with van der Waals surface area (Å²) in [4.78, 5) is 1.78. The van der Waals surface area contributed by atoms with Gasteiger partial charge in [-0.2, -0.15) is 0 Å². The molecule has 1 aliphatic rings. The van der Waals surface area contributed by atoms with Crippen LogP contribution in [0.15, 0.2) is 47.4 Å². The zero-order chi connectivity index (χ0) is 22.6. The van der Waals surface area contributed by atoms with Gasteiger partial charge in [0.1, 0.15) is 11.6 Å². The summed E-state index contributed by atoms with van der Waals surface area (Å²) in [5, 5.41) is 3.10. The second-order valence-corrected chi connectivity index (χ2v) is 9.04. The highest BCUT2D eigenvalue weighted by atomic mass is 35.5. The highest BCUT2D eigenvalue weighted by Crippen LogP contribution is 2.26. The maximum absolute atomic E-state index is 14.0. The summed E-state index contributed by atoms with van der Waals surface area (Å²) in [6.07, 6.45) is -4.88. The normalized spacial score (nSPS) is 16.8. The summed E-state index contributed by atoms with van der Waals surface area (Å²) < 4.78 is 83.0. The molecule has 0 bridgehead atoms. The lowest BCUT2D eigenvalue weighted by molar-refractivity contribution is -0.274. The second-order valence-electron chi connectivity index (χ2n) is 6.92. The van der Waals surface area contributed by atoms with Crippen LogP contribution >= 0.6 is 11.6 Å². The van der Waals surface area contributed by atoms with Gasteiger partial charge in [0, 0.05) is 32.7 Å². The lowest BCUT2D eigenvalue weighted by Gasteiger charge is -2.31. The minimum Gasteiger partial charge on any atom is -0.406 e. The standard InChI is InChI=1S/C19H20ClF4N3O3S/c20-16-6-1-13(11-17(16)21)18(12-27-9-7-25-8-10-27)26-31(28,29)15-4-2-14(3-5-15)30-19(22,23)24/h1-6,11,18,25-26H,7-10,12H2. The van der Waals surface area contributed by atoms with Crippen molar-refractivity contribution in [2.24, 2.45) is 0 Å². The van der Waals surface area contributed by atoms with Crippen molar-refractivity contribution in [2.75, 3.05) is 32.7 Å². The number of hydrogen-bond donors (Lipinski definition) is 2. The van der Waals surface area contributed by atoms with Crippen LogP contribution in [0.1, 0.15) is 11.6 Å². The van der Waals surface area contributed by atoms with Crippen LogP contribution < -0.4 is 14.8 Å². The number of halogens is 5. The van der Waals surface area contributed by atoms with E-state index in [2.05, 4.69) is 14.8 Å². The van der Waals surface area contributed by atoms with Gasteiger partial charge in [-0.15, -0.1) is 13.2 Å². The molecule has 31 heavy (non-hydrogen) atoms. The average Bonchev–Trinajstić information content (AvgIpc) is 2.69. The van der Waals surface area contributed by atoms with Gasteiger partial charge < -0.3 is 10.1 Å². The molecular weight excluding hydrogens is 462 g/mol. The van der Waals surface area contributed by atoms with Crippen molar-refractivity contribution in [3.8, 4) is 5.75 Å². The molecular formula is C19H20ClF4N3O3S. The molecule has 0 amide bonds.